The van der Waals surface area contributed by atoms with E-state index in [4.69, 9.17) is 4.74 Å². The smallest absolute Gasteiger partial charge is 0.173 e. The molecule has 1 aliphatic rings. The predicted molar refractivity (Wildman–Crippen MR) is 40.4 cm³/mol. The molecular weight excluding hydrogens is 124 g/mol. The highest BCUT2D eigenvalue weighted by Gasteiger charge is 2.22. The molecule has 0 saturated carbocycles. The lowest BCUT2D eigenvalue weighted by Crippen LogP contribution is -1.73. The van der Waals surface area contributed by atoms with Crippen molar-refractivity contribution in [2.75, 3.05) is 0 Å². The molecule has 0 N–H and O–H groups in total. The Balaban J connectivity index is 2.37. The maximum Gasteiger partial charge on any atom is 0.173 e. The van der Waals surface area contributed by atoms with Crippen LogP contribution in [-0.2, 0) is 6.42 Å². The topological polar surface area (TPSA) is 12.5 Å². The minimum atomic E-state index is 0.906. The highest BCUT2D eigenvalue weighted by atomic mass is 16.6. The average Bonchev–Trinajstić information content (AvgIpc) is 2.67. The fourth-order valence-corrected chi connectivity index (χ4v) is 1.06. The monoisotopic (exact) mass is 132 g/mol. The molecule has 1 heteroatoms. The SMILES string of the molecule is C=CCc1cccc2c1O2. The first-order valence-electron chi connectivity index (χ1n) is 3.32. The Bertz CT molecular complexity index is 276. The fraction of sp³-hybridized carbons (Fsp3) is 0.111. The van der Waals surface area contributed by atoms with Gasteiger partial charge in [0, 0.05) is 5.56 Å². The van der Waals surface area contributed by atoms with Crippen molar-refractivity contribution in [2.24, 2.45) is 0 Å². The maximum atomic E-state index is 5.17. The van der Waals surface area contributed by atoms with E-state index in [1.54, 1.807) is 0 Å². The summed E-state index contributed by atoms with van der Waals surface area (Å²) < 4.78 is 5.17. The van der Waals surface area contributed by atoms with E-state index < -0.39 is 0 Å². The lowest BCUT2D eigenvalue weighted by atomic mass is 10.2. The zero-order valence-corrected chi connectivity index (χ0v) is 5.63. The Morgan fingerprint density at radius 1 is 1.50 bits per heavy atom. The van der Waals surface area contributed by atoms with Crippen LogP contribution in [0.4, 0.5) is 0 Å². The highest BCUT2D eigenvalue weighted by Crippen LogP contribution is 2.47. The number of benzene rings is 1. The van der Waals surface area contributed by atoms with Crippen molar-refractivity contribution in [3.63, 3.8) is 0 Å². The molecule has 1 nitrogen and oxygen atoms in total. The third-order valence-electron chi connectivity index (χ3n) is 1.60. The lowest BCUT2D eigenvalue weighted by molar-refractivity contribution is 0.645. The Kier molecular flexibility index (Phi) is 1.04. The molecule has 1 aliphatic heterocycles. The number of para-hydroxylation sites is 1. The van der Waals surface area contributed by atoms with E-state index in [9.17, 15) is 0 Å². The van der Waals surface area contributed by atoms with Gasteiger partial charge in [0.05, 0.1) is 0 Å². The fourth-order valence-electron chi connectivity index (χ4n) is 1.06. The minimum absolute atomic E-state index is 0.906. The second kappa shape index (κ2) is 1.87. The first-order valence-corrected chi connectivity index (χ1v) is 3.32. The van der Waals surface area contributed by atoms with Crippen LogP contribution in [0, 0.1) is 0 Å². The van der Waals surface area contributed by atoms with E-state index >= 15 is 0 Å². The van der Waals surface area contributed by atoms with Crippen LogP contribution in [0.5, 0.6) is 11.5 Å². The normalized spacial score (nSPS) is 11.6. The second-order valence-electron chi connectivity index (χ2n) is 2.34. The molecule has 0 amide bonds. The van der Waals surface area contributed by atoms with Crippen molar-refractivity contribution < 1.29 is 4.74 Å². The van der Waals surface area contributed by atoms with Gasteiger partial charge in [-0.25, -0.2) is 0 Å². The predicted octanol–water partition coefficient (Wildman–Crippen LogP) is 2.52. The van der Waals surface area contributed by atoms with Gasteiger partial charge in [-0.05, 0) is 12.5 Å². The first kappa shape index (κ1) is 5.54. The Morgan fingerprint density at radius 3 is 3.20 bits per heavy atom. The van der Waals surface area contributed by atoms with E-state index in [0.29, 0.717) is 0 Å². The molecule has 0 fully saturated rings. The number of hydrogen-bond acceptors (Lipinski definition) is 1. The molecule has 1 heterocycles. The molecule has 0 atom stereocenters. The quantitative estimate of drug-likeness (QED) is 0.452. The molecule has 0 aromatic heterocycles. The molecule has 0 bridgehead atoms. The summed E-state index contributed by atoms with van der Waals surface area (Å²) in [7, 11) is 0. The largest absolute Gasteiger partial charge is 0.449 e. The summed E-state index contributed by atoms with van der Waals surface area (Å²) in [6.07, 6.45) is 2.79. The summed E-state index contributed by atoms with van der Waals surface area (Å²) in [6, 6.07) is 6.04. The summed E-state index contributed by atoms with van der Waals surface area (Å²) in [5.74, 6) is 2.08. The van der Waals surface area contributed by atoms with E-state index in [0.717, 1.165) is 17.9 Å². The zero-order chi connectivity index (χ0) is 6.97. The number of fused-ring (bicyclic) bond motifs is 1. The molecular formula is C9H8O. The van der Waals surface area contributed by atoms with Crippen LogP contribution in [0.3, 0.4) is 0 Å². The van der Waals surface area contributed by atoms with Gasteiger partial charge in [-0.1, -0.05) is 18.2 Å². The highest BCUT2D eigenvalue weighted by molar-refractivity contribution is 5.59. The Hall–Kier alpha value is -1.24. The van der Waals surface area contributed by atoms with Crippen molar-refractivity contribution in [3.05, 3.63) is 36.4 Å². The van der Waals surface area contributed by atoms with Gasteiger partial charge in [-0.2, -0.15) is 0 Å². The first-order chi connectivity index (χ1) is 4.92. The van der Waals surface area contributed by atoms with Gasteiger partial charge in [-0.3, -0.25) is 0 Å². The average molecular weight is 132 g/mol. The number of ether oxygens (including phenoxy) is 1. The molecule has 2 rings (SSSR count). The Labute approximate surface area is 59.9 Å². The van der Waals surface area contributed by atoms with Crippen molar-refractivity contribution in [2.45, 2.75) is 6.42 Å². The number of allylic oxidation sites excluding steroid dienone is 1. The lowest BCUT2D eigenvalue weighted by Gasteiger charge is -1.87. The number of hydrogen-bond donors (Lipinski definition) is 0. The summed E-state index contributed by atoms with van der Waals surface area (Å²) in [6.45, 7) is 3.66. The van der Waals surface area contributed by atoms with Crippen LogP contribution in [0.1, 0.15) is 5.56 Å². The second-order valence-corrected chi connectivity index (χ2v) is 2.34. The molecule has 50 valence electrons. The number of rotatable bonds is 2. The van der Waals surface area contributed by atoms with Gasteiger partial charge >= 0.3 is 0 Å². The summed E-state index contributed by atoms with van der Waals surface area (Å²) in [5.41, 5.74) is 1.24. The van der Waals surface area contributed by atoms with Crippen molar-refractivity contribution in [1.82, 2.24) is 0 Å². The van der Waals surface area contributed by atoms with Crippen LogP contribution in [0.25, 0.3) is 0 Å². The van der Waals surface area contributed by atoms with Crippen molar-refractivity contribution in [1.29, 1.82) is 0 Å². The third-order valence-corrected chi connectivity index (χ3v) is 1.60. The van der Waals surface area contributed by atoms with Gasteiger partial charge in [0.25, 0.3) is 0 Å². The molecule has 1 aromatic carbocycles. The van der Waals surface area contributed by atoms with Gasteiger partial charge in [-0.15, -0.1) is 6.58 Å². The molecule has 10 heavy (non-hydrogen) atoms. The molecule has 0 aliphatic carbocycles. The van der Waals surface area contributed by atoms with Crippen LogP contribution >= 0.6 is 0 Å². The zero-order valence-electron chi connectivity index (χ0n) is 5.63. The van der Waals surface area contributed by atoms with Gasteiger partial charge in [0.2, 0.25) is 0 Å². The van der Waals surface area contributed by atoms with Gasteiger partial charge < -0.3 is 4.74 Å². The van der Waals surface area contributed by atoms with E-state index in [1.165, 1.54) is 5.56 Å². The molecule has 0 radical (unpaired) electrons. The molecule has 1 aromatic rings. The third kappa shape index (κ3) is 0.711. The van der Waals surface area contributed by atoms with E-state index in [2.05, 4.69) is 12.6 Å². The van der Waals surface area contributed by atoms with E-state index in [-0.39, 0.29) is 0 Å². The van der Waals surface area contributed by atoms with Crippen LogP contribution in [0.15, 0.2) is 30.9 Å². The molecule has 0 saturated heterocycles. The standard InChI is InChI=1S/C9H8O/c1-2-4-7-5-3-6-8-9(7)10-8/h2-3,5-6H,1,4H2. The molecule has 0 unspecified atom stereocenters. The van der Waals surface area contributed by atoms with E-state index in [1.807, 2.05) is 18.2 Å². The van der Waals surface area contributed by atoms with Gasteiger partial charge in [0.15, 0.2) is 11.5 Å². The van der Waals surface area contributed by atoms with Crippen LogP contribution in [0.2, 0.25) is 0 Å². The van der Waals surface area contributed by atoms with Crippen LogP contribution < -0.4 is 4.74 Å². The Morgan fingerprint density at radius 2 is 2.40 bits per heavy atom. The summed E-state index contributed by atoms with van der Waals surface area (Å²) >= 11 is 0. The van der Waals surface area contributed by atoms with Crippen molar-refractivity contribution in [3.8, 4) is 11.5 Å². The van der Waals surface area contributed by atoms with Gasteiger partial charge in [0.1, 0.15) is 0 Å². The molecule has 0 spiro atoms. The summed E-state index contributed by atoms with van der Waals surface area (Å²) in [5, 5.41) is 0. The van der Waals surface area contributed by atoms with Crippen molar-refractivity contribution >= 4 is 0 Å². The summed E-state index contributed by atoms with van der Waals surface area (Å²) in [4.78, 5) is 0. The maximum absolute atomic E-state index is 5.17. The minimum Gasteiger partial charge on any atom is -0.449 e. The van der Waals surface area contributed by atoms with Crippen LogP contribution in [-0.4, -0.2) is 0 Å².